The Hall–Kier alpha value is -2.30. The highest BCUT2D eigenvalue weighted by Crippen LogP contribution is 2.19. The van der Waals surface area contributed by atoms with Gasteiger partial charge in [0.15, 0.2) is 0 Å². The number of hydrogen-bond donors (Lipinski definition) is 2. The Morgan fingerprint density at radius 3 is 2.75 bits per heavy atom. The van der Waals surface area contributed by atoms with E-state index in [1.807, 2.05) is 43.0 Å². The Morgan fingerprint density at radius 1 is 1.40 bits per heavy atom. The molecule has 5 nitrogen and oxygen atoms in total. The van der Waals surface area contributed by atoms with E-state index in [1.54, 1.807) is 6.07 Å². The van der Waals surface area contributed by atoms with Crippen LogP contribution in [0.5, 0.6) is 0 Å². The summed E-state index contributed by atoms with van der Waals surface area (Å²) in [4.78, 5) is 27.6. The van der Waals surface area contributed by atoms with Gasteiger partial charge in [0, 0.05) is 18.0 Å². The molecular weight excluding hydrogens is 256 g/mol. The lowest BCUT2D eigenvalue weighted by atomic mass is 10.1. The summed E-state index contributed by atoms with van der Waals surface area (Å²) in [7, 11) is 0. The maximum atomic E-state index is 12.1. The highest BCUT2D eigenvalue weighted by atomic mass is 16.4. The van der Waals surface area contributed by atoms with E-state index in [-0.39, 0.29) is 18.0 Å². The Balaban J connectivity index is 2.44. The number of carboxylic acids is 1. The Kier molecular flexibility index (Phi) is 4.08. The van der Waals surface area contributed by atoms with Gasteiger partial charge in [-0.2, -0.15) is 0 Å². The summed E-state index contributed by atoms with van der Waals surface area (Å²) in [6.07, 6.45) is 0.0305. The van der Waals surface area contributed by atoms with Crippen molar-refractivity contribution in [2.24, 2.45) is 0 Å². The SMILES string of the molecule is CCN(c1cc2ccccc2c(=O)[nH]1)C(C)CC(=O)O. The molecule has 1 heterocycles. The molecule has 1 aromatic heterocycles. The van der Waals surface area contributed by atoms with Crippen LogP contribution in [0.3, 0.4) is 0 Å². The summed E-state index contributed by atoms with van der Waals surface area (Å²) in [5, 5.41) is 10.4. The van der Waals surface area contributed by atoms with Crippen LogP contribution < -0.4 is 10.5 Å². The molecule has 0 bridgehead atoms. The molecule has 1 atom stereocenters. The lowest BCUT2D eigenvalue weighted by molar-refractivity contribution is -0.137. The lowest BCUT2D eigenvalue weighted by Crippen LogP contribution is -2.36. The first-order valence-corrected chi connectivity index (χ1v) is 6.63. The second kappa shape index (κ2) is 5.77. The first-order chi connectivity index (χ1) is 9.52. The third-order valence-electron chi connectivity index (χ3n) is 3.39. The van der Waals surface area contributed by atoms with E-state index in [4.69, 9.17) is 5.11 Å². The zero-order valence-corrected chi connectivity index (χ0v) is 11.6. The molecule has 2 rings (SSSR count). The minimum Gasteiger partial charge on any atom is -0.481 e. The van der Waals surface area contributed by atoms with Gasteiger partial charge >= 0.3 is 5.97 Å². The van der Waals surface area contributed by atoms with E-state index in [0.29, 0.717) is 17.7 Å². The molecule has 0 radical (unpaired) electrons. The van der Waals surface area contributed by atoms with Crippen LogP contribution in [0.4, 0.5) is 5.82 Å². The third-order valence-corrected chi connectivity index (χ3v) is 3.39. The molecule has 0 saturated carbocycles. The third kappa shape index (κ3) is 2.82. The molecule has 0 aliphatic heterocycles. The van der Waals surface area contributed by atoms with Crippen LogP contribution >= 0.6 is 0 Å². The zero-order chi connectivity index (χ0) is 14.7. The largest absolute Gasteiger partial charge is 0.481 e. The molecular formula is C15H18N2O3. The summed E-state index contributed by atoms with van der Waals surface area (Å²) in [5.74, 6) is -0.191. The smallest absolute Gasteiger partial charge is 0.305 e. The molecule has 0 fully saturated rings. The van der Waals surface area contributed by atoms with E-state index < -0.39 is 5.97 Å². The van der Waals surface area contributed by atoms with Crippen LogP contribution in [-0.4, -0.2) is 28.6 Å². The Bertz CT molecular complexity index is 678. The molecule has 20 heavy (non-hydrogen) atoms. The average Bonchev–Trinajstić information content (AvgIpc) is 2.38. The number of aromatic amines is 1. The van der Waals surface area contributed by atoms with Gasteiger partial charge in [-0.05, 0) is 31.4 Å². The van der Waals surface area contributed by atoms with Gasteiger partial charge < -0.3 is 15.0 Å². The Morgan fingerprint density at radius 2 is 2.10 bits per heavy atom. The topological polar surface area (TPSA) is 73.4 Å². The number of H-pyrrole nitrogens is 1. The van der Waals surface area contributed by atoms with Crippen molar-refractivity contribution in [1.82, 2.24) is 4.98 Å². The number of rotatable bonds is 5. The van der Waals surface area contributed by atoms with Crippen LogP contribution in [0.2, 0.25) is 0 Å². The molecule has 2 N–H and O–H groups in total. The summed E-state index contributed by atoms with van der Waals surface area (Å²) < 4.78 is 0. The lowest BCUT2D eigenvalue weighted by Gasteiger charge is -2.28. The fourth-order valence-electron chi connectivity index (χ4n) is 2.43. The molecule has 0 saturated heterocycles. The molecule has 1 unspecified atom stereocenters. The van der Waals surface area contributed by atoms with E-state index in [9.17, 15) is 9.59 Å². The number of hydrogen-bond acceptors (Lipinski definition) is 3. The molecule has 106 valence electrons. The standard InChI is InChI=1S/C15H18N2O3/c1-3-17(10(2)8-14(18)19)13-9-11-6-4-5-7-12(11)15(20)16-13/h4-7,9-10H,3,8H2,1-2H3,(H,16,20)(H,18,19). The second-order valence-electron chi connectivity index (χ2n) is 4.80. The maximum Gasteiger partial charge on any atom is 0.305 e. The summed E-state index contributed by atoms with van der Waals surface area (Å²) in [6, 6.07) is 9.05. The number of pyridine rings is 1. The van der Waals surface area contributed by atoms with Crippen molar-refractivity contribution in [2.75, 3.05) is 11.4 Å². The molecule has 1 aromatic carbocycles. The number of aliphatic carboxylic acids is 1. The monoisotopic (exact) mass is 274 g/mol. The van der Waals surface area contributed by atoms with Crippen molar-refractivity contribution in [3.63, 3.8) is 0 Å². The van der Waals surface area contributed by atoms with Crippen LogP contribution in [0, 0.1) is 0 Å². The van der Waals surface area contributed by atoms with Crippen molar-refractivity contribution < 1.29 is 9.90 Å². The van der Waals surface area contributed by atoms with Crippen molar-refractivity contribution in [3.05, 3.63) is 40.7 Å². The summed E-state index contributed by atoms with van der Waals surface area (Å²) in [6.45, 7) is 4.40. The summed E-state index contributed by atoms with van der Waals surface area (Å²) in [5.41, 5.74) is -0.154. The maximum absolute atomic E-state index is 12.1. The van der Waals surface area contributed by atoms with Crippen molar-refractivity contribution in [1.29, 1.82) is 0 Å². The van der Waals surface area contributed by atoms with Crippen LogP contribution in [0.25, 0.3) is 10.8 Å². The number of carboxylic acid groups (broad SMARTS) is 1. The average molecular weight is 274 g/mol. The van der Waals surface area contributed by atoms with Gasteiger partial charge in [-0.15, -0.1) is 0 Å². The minimum absolute atomic E-state index is 0.0305. The van der Waals surface area contributed by atoms with Crippen LogP contribution in [0.15, 0.2) is 35.1 Å². The quantitative estimate of drug-likeness (QED) is 0.876. The van der Waals surface area contributed by atoms with Gasteiger partial charge in [0.25, 0.3) is 5.56 Å². The summed E-state index contributed by atoms with van der Waals surface area (Å²) >= 11 is 0. The zero-order valence-electron chi connectivity index (χ0n) is 11.6. The molecule has 0 aliphatic rings. The fraction of sp³-hybridized carbons (Fsp3) is 0.333. The van der Waals surface area contributed by atoms with Crippen molar-refractivity contribution in [3.8, 4) is 0 Å². The van der Waals surface area contributed by atoms with Crippen LogP contribution in [-0.2, 0) is 4.79 Å². The van der Waals surface area contributed by atoms with Crippen LogP contribution in [0.1, 0.15) is 20.3 Å². The number of fused-ring (bicyclic) bond motifs is 1. The first-order valence-electron chi connectivity index (χ1n) is 6.63. The number of nitrogens with one attached hydrogen (secondary N) is 1. The first kappa shape index (κ1) is 14.1. The predicted molar refractivity (Wildman–Crippen MR) is 79.3 cm³/mol. The van der Waals surface area contributed by atoms with Gasteiger partial charge in [0.2, 0.25) is 0 Å². The highest BCUT2D eigenvalue weighted by Gasteiger charge is 2.17. The highest BCUT2D eigenvalue weighted by molar-refractivity contribution is 5.83. The molecule has 0 spiro atoms. The number of aromatic nitrogens is 1. The fourth-order valence-corrected chi connectivity index (χ4v) is 2.43. The van der Waals surface area contributed by atoms with Crippen molar-refractivity contribution >= 4 is 22.6 Å². The van der Waals surface area contributed by atoms with Gasteiger partial charge in [-0.1, -0.05) is 18.2 Å². The normalized spacial score (nSPS) is 12.3. The van der Waals surface area contributed by atoms with Gasteiger partial charge in [0.05, 0.1) is 6.42 Å². The van der Waals surface area contributed by atoms with Gasteiger partial charge in [0.1, 0.15) is 5.82 Å². The second-order valence-corrected chi connectivity index (χ2v) is 4.80. The van der Waals surface area contributed by atoms with E-state index in [1.165, 1.54) is 0 Å². The van der Waals surface area contributed by atoms with Gasteiger partial charge in [-0.25, -0.2) is 0 Å². The molecule has 5 heteroatoms. The number of benzene rings is 1. The van der Waals surface area contributed by atoms with E-state index in [2.05, 4.69) is 4.98 Å². The van der Waals surface area contributed by atoms with E-state index >= 15 is 0 Å². The van der Waals surface area contributed by atoms with Crippen molar-refractivity contribution in [2.45, 2.75) is 26.3 Å². The minimum atomic E-state index is -0.848. The molecule has 2 aromatic rings. The number of anilines is 1. The Labute approximate surface area is 116 Å². The molecule has 0 aliphatic carbocycles. The van der Waals surface area contributed by atoms with E-state index in [0.717, 1.165) is 5.39 Å². The molecule has 0 amide bonds. The predicted octanol–water partition coefficient (Wildman–Crippen LogP) is 2.22. The number of nitrogens with zero attached hydrogens (tertiary/aromatic N) is 1. The number of carbonyl (C=O) groups is 1. The van der Waals surface area contributed by atoms with Gasteiger partial charge in [-0.3, -0.25) is 9.59 Å².